The average molecular weight is 448 g/mol. The Morgan fingerprint density at radius 3 is 2.29 bits per heavy atom. The molecule has 0 spiro atoms. The SMILES string of the molecule is CC(C)n1c(SCCNC(=O)c2cccs2)nc(-c2ccccc2)c1-c1ccccc1. The highest BCUT2D eigenvalue weighted by Gasteiger charge is 2.22. The van der Waals surface area contributed by atoms with Crippen LogP contribution in [0.15, 0.2) is 83.3 Å². The first-order valence-electron chi connectivity index (χ1n) is 10.3. The van der Waals surface area contributed by atoms with Crippen LogP contribution in [0.1, 0.15) is 29.6 Å². The van der Waals surface area contributed by atoms with E-state index in [4.69, 9.17) is 4.98 Å². The van der Waals surface area contributed by atoms with E-state index in [0.717, 1.165) is 38.3 Å². The maximum atomic E-state index is 12.2. The zero-order chi connectivity index (χ0) is 21.6. The van der Waals surface area contributed by atoms with Gasteiger partial charge in [-0.25, -0.2) is 4.98 Å². The molecule has 0 saturated heterocycles. The highest BCUT2D eigenvalue weighted by atomic mass is 32.2. The van der Waals surface area contributed by atoms with Crippen LogP contribution < -0.4 is 5.32 Å². The Bertz CT molecular complexity index is 1120. The predicted molar refractivity (Wildman–Crippen MR) is 131 cm³/mol. The van der Waals surface area contributed by atoms with Gasteiger partial charge in [0, 0.05) is 29.5 Å². The van der Waals surface area contributed by atoms with Crippen LogP contribution in [0.5, 0.6) is 0 Å². The molecule has 0 aliphatic heterocycles. The number of nitrogens with zero attached hydrogens (tertiary/aromatic N) is 2. The van der Waals surface area contributed by atoms with Crippen molar-refractivity contribution in [3.8, 4) is 22.5 Å². The topological polar surface area (TPSA) is 46.9 Å². The molecule has 0 atom stereocenters. The zero-order valence-corrected chi connectivity index (χ0v) is 19.2. The normalized spacial score (nSPS) is 11.1. The minimum atomic E-state index is -0.0160. The van der Waals surface area contributed by atoms with Crippen LogP contribution in [0.3, 0.4) is 0 Å². The second kappa shape index (κ2) is 9.98. The third-order valence-electron chi connectivity index (χ3n) is 4.85. The molecule has 158 valence electrons. The van der Waals surface area contributed by atoms with Gasteiger partial charge in [0.25, 0.3) is 5.91 Å². The van der Waals surface area contributed by atoms with Gasteiger partial charge in [0.1, 0.15) is 0 Å². The van der Waals surface area contributed by atoms with Crippen molar-refractivity contribution < 1.29 is 4.79 Å². The van der Waals surface area contributed by atoms with Gasteiger partial charge in [0.15, 0.2) is 5.16 Å². The third-order valence-corrected chi connectivity index (χ3v) is 6.68. The Labute approximate surface area is 191 Å². The summed E-state index contributed by atoms with van der Waals surface area (Å²) in [6.07, 6.45) is 0. The first-order valence-corrected chi connectivity index (χ1v) is 12.2. The summed E-state index contributed by atoms with van der Waals surface area (Å²) in [5.74, 6) is 0.737. The lowest BCUT2D eigenvalue weighted by Crippen LogP contribution is -2.25. The minimum absolute atomic E-state index is 0.0160. The van der Waals surface area contributed by atoms with E-state index in [0.29, 0.717) is 6.54 Å². The number of hydrogen-bond donors (Lipinski definition) is 1. The maximum Gasteiger partial charge on any atom is 0.261 e. The van der Waals surface area contributed by atoms with Crippen molar-refractivity contribution in [1.82, 2.24) is 14.9 Å². The third kappa shape index (κ3) is 4.92. The summed E-state index contributed by atoms with van der Waals surface area (Å²) >= 11 is 3.14. The monoisotopic (exact) mass is 447 g/mol. The molecule has 4 nitrogen and oxygen atoms in total. The Kier molecular flexibility index (Phi) is 6.89. The Hall–Kier alpha value is -2.83. The van der Waals surface area contributed by atoms with E-state index in [9.17, 15) is 4.79 Å². The summed E-state index contributed by atoms with van der Waals surface area (Å²) in [6.45, 7) is 4.96. The number of nitrogens with one attached hydrogen (secondary N) is 1. The molecular weight excluding hydrogens is 422 g/mol. The van der Waals surface area contributed by atoms with Crippen molar-refractivity contribution in [2.24, 2.45) is 0 Å². The molecule has 2 heterocycles. The molecule has 2 aromatic carbocycles. The van der Waals surface area contributed by atoms with Crippen LogP contribution in [0, 0.1) is 0 Å². The number of benzene rings is 2. The largest absolute Gasteiger partial charge is 0.350 e. The summed E-state index contributed by atoms with van der Waals surface area (Å²) in [6, 6.07) is 24.8. The summed E-state index contributed by atoms with van der Waals surface area (Å²) in [7, 11) is 0. The van der Waals surface area contributed by atoms with Crippen molar-refractivity contribution in [2.75, 3.05) is 12.3 Å². The first kappa shape index (κ1) is 21.4. The highest BCUT2D eigenvalue weighted by molar-refractivity contribution is 7.99. The fraction of sp³-hybridized carbons (Fsp3) is 0.200. The fourth-order valence-electron chi connectivity index (χ4n) is 3.46. The summed E-state index contributed by atoms with van der Waals surface area (Å²) in [5, 5.41) is 5.89. The lowest BCUT2D eigenvalue weighted by atomic mass is 10.0. The van der Waals surface area contributed by atoms with Gasteiger partial charge in [0.2, 0.25) is 0 Å². The Balaban J connectivity index is 1.61. The van der Waals surface area contributed by atoms with Crippen molar-refractivity contribution in [1.29, 1.82) is 0 Å². The standard InChI is InChI=1S/C25H25N3OS2/c1-18(2)28-23(20-12-7-4-8-13-20)22(19-10-5-3-6-11-19)27-25(28)31-17-15-26-24(29)21-14-9-16-30-21/h3-14,16,18H,15,17H2,1-2H3,(H,26,29). The molecule has 0 aliphatic rings. The summed E-state index contributed by atoms with van der Waals surface area (Å²) < 4.78 is 2.31. The zero-order valence-electron chi connectivity index (χ0n) is 17.6. The number of imidazole rings is 1. The van der Waals surface area contributed by atoms with Crippen molar-refractivity contribution in [2.45, 2.75) is 25.0 Å². The van der Waals surface area contributed by atoms with Crippen molar-refractivity contribution in [3.63, 3.8) is 0 Å². The number of hydrogen-bond acceptors (Lipinski definition) is 4. The van der Waals surface area contributed by atoms with E-state index in [1.165, 1.54) is 11.3 Å². The highest BCUT2D eigenvalue weighted by Crippen LogP contribution is 2.37. The van der Waals surface area contributed by atoms with Gasteiger partial charge in [-0.15, -0.1) is 11.3 Å². The molecule has 4 aromatic rings. The van der Waals surface area contributed by atoms with E-state index in [-0.39, 0.29) is 11.9 Å². The molecule has 0 aliphatic carbocycles. The molecule has 1 N–H and O–H groups in total. The fourth-order valence-corrected chi connectivity index (χ4v) is 5.09. The number of amides is 1. The van der Waals surface area contributed by atoms with Gasteiger partial charge >= 0.3 is 0 Å². The van der Waals surface area contributed by atoms with Gasteiger partial charge in [-0.2, -0.15) is 0 Å². The molecule has 6 heteroatoms. The van der Waals surface area contributed by atoms with E-state index in [1.807, 2.05) is 41.8 Å². The van der Waals surface area contributed by atoms with Crippen LogP contribution >= 0.6 is 23.1 Å². The molecular formula is C25H25N3OS2. The van der Waals surface area contributed by atoms with E-state index >= 15 is 0 Å². The minimum Gasteiger partial charge on any atom is -0.350 e. The molecule has 0 unspecified atom stereocenters. The van der Waals surface area contributed by atoms with E-state index in [2.05, 4.69) is 60.1 Å². The van der Waals surface area contributed by atoms with Gasteiger partial charge in [-0.1, -0.05) is 78.5 Å². The number of aromatic nitrogens is 2. The first-order chi connectivity index (χ1) is 15.1. The second-order valence-corrected chi connectivity index (χ2v) is 9.38. The van der Waals surface area contributed by atoms with Crippen molar-refractivity contribution >= 4 is 29.0 Å². The van der Waals surface area contributed by atoms with Gasteiger partial charge in [-0.05, 0) is 25.3 Å². The number of carbonyl (C=O) groups excluding carboxylic acids is 1. The van der Waals surface area contributed by atoms with Crippen LogP contribution in [0.4, 0.5) is 0 Å². The molecule has 31 heavy (non-hydrogen) atoms. The lowest BCUT2D eigenvalue weighted by Gasteiger charge is -2.16. The van der Waals surface area contributed by atoms with Crippen LogP contribution in [0.2, 0.25) is 0 Å². The van der Waals surface area contributed by atoms with E-state index < -0.39 is 0 Å². The molecule has 0 fully saturated rings. The molecule has 2 aromatic heterocycles. The molecule has 0 bridgehead atoms. The number of rotatable bonds is 8. The van der Waals surface area contributed by atoms with Crippen LogP contribution in [0.25, 0.3) is 22.5 Å². The van der Waals surface area contributed by atoms with E-state index in [1.54, 1.807) is 11.8 Å². The lowest BCUT2D eigenvalue weighted by molar-refractivity contribution is 0.0960. The number of thioether (sulfide) groups is 1. The molecule has 1 amide bonds. The quantitative estimate of drug-likeness (QED) is 0.252. The second-order valence-electron chi connectivity index (χ2n) is 7.37. The summed E-state index contributed by atoms with van der Waals surface area (Å²) in [5.41, 5.74) is 4.38. The van der Waals surface area contributed by atoms with Crippen LogP contribution in [-0.2, 0) is 0 Å². The number of thiophene rings is 1. The van der Waals surface area contributed by atoms with Crippen LogP contribution in [-0.4, -0.2) is 27.8 Å². The predicted octanol–water partition coefficient (Wildman–Crippen LogP) is 6.38. The van der Waals surface area contributed by atoms with Gasteiger partial charge in [0.05, 0.1) is 16.3 Å². The number of carbonyl (C=O) groups is 1. The van der Waals surface area contributed by atoms with Gasteiger partial charge < -0.3 is 9.88 Å². The smallest absolute Gasteiger partial charge is 0.261 e. The summed E-state index contributed by atoms with van der Waals surface area (Å²) in [4.78, 5) is 18.0. The molecule has 0 saturated carbocycles. The van der Waals surface area contributed by atoms with Gasteiger partial charge in [-0.3, -0.25) is 4.79 Å². The molecule has 0 radical (unpaired) electrons. The average Bonchev–Trinajstić information content (AvgIpc) is 3.46. The maximum absolute atomic E-state index is 12.2. The Morgan fingerprint density at radius 2 is 1.68 bits per heavy atom. The molecule has 4 rings (SSSR count). The van der Waals surface area contributed by atoms with Crippen molar-refractivity contribution in [3.05, 3.63) is 83.1 Å². The Morgan fingerprint density at radius 1 is 1.00 bits per heavy atom.